The van der Waals surface area contributed by atoms with E-state index in [4.69, 9.17) is 21.1 Å². The highest BCUT2D eigenvalue weighted by Crippen LogP contribution is 2.26. The number of hydrazone groups is 1. The lowest BCUT2D eigenvalue weighted by atomic mass is 10.2. The van der Waals surface area contributed by atoms with Crippen molar-refractivity contribution in [2.24, 2.45) is 5.10 Å². The minimum Gasteiger partial charge on any atom is -0.493 e. The number of amides is 1. The van der Waals surface area contributed by atoms with E-state index in [1.165, 1.54) is 6.21 Å². The van der Waals surface area contributed by atoms with Gasteiger partial charge in [0.25, 0.3) is 5.91 Å². The highest BCUT2D eigenvalue weighted by atomic mass is 79.9. The van der Waals surface area contributed by atoms with Gasteiger partial charge in [0.05, 0.1) is 31.5 Å². The van der Waals surface area contributed by atoms with Crippen molar-refractivity contribution in [3.05, 3.63) is 75.0 Å². The molecule has 0 spiro atoms. The Hall–Kier alpha value is -2.84. The van der Waals surface area contributed by atoms with Gasteiger partial charge in [-0.25, -0.2) is 5.43 Å². The molecule has 1 amide bonds. The van der Waals surface area contributed by atoms with Gasteiger partial charge in [-0.05, 0) is 57.4 Å². The number of carbonyl (C=O) groups excluding carboxylic acids is 1. The van der Waals surface area contributed by atoms with E-state index in [9.17, 15) is 4.79 Å². The van der Waals surface area contributed by atoms with Crippen LogP contribution in [0.25, 0.3) is 0 Å². The van der Waals surface area contributed by atoms with Gasteiger partial charge in [0.15, 0.2) is 17.2 Å². The van der Waals surface area contributed by atoms with Gasteiger partial charge in [0, 0.05) is 11.2 Å². The van der Waals surface area contributed by atoms with Gasteiger partial charge in [0.1, 0.15) is 0 Å². The van der Waals surface area contributed by atoms with Crippen molar-refractivity contribution in [3.63, 3.8) is 0 Å². The van der Waals surface area contributed by atoms with Crippen LogP contribution in [0.5, 0.6) is 11.5 Å². The summed E-state index contributed by atoms with van der Waals surface area (Å²) in [5.41, 5.74) is 4.48. The van der Waals surface area contributed by atoms with Crippen LogP contribution in [0.2, 0.25) is 5.02 Å². The maximum absolute atomic E-state index is 12.4. The summed E-state index contributed by atoms with van der Waals surface area (Å²) in [4.78, 5) is 12.4. The molecule has 0 radical (unpaired) electrons. The van der Waals surface area contributed by atoms with Gasteiger partial charge in [-0.15, -0.1) is 0 Å². The fourth-order valence-corrected chi connectivity index (χ4v) is 3.18. The fourth-order valence-electron chi connectivity index (χ4n) is 2.56. The average molecular weight is 478 g/mol. The molecule has 7 nitrogen and oxygen atoms in total. The molecule has 1 heterocycles. The van der Waals surface area contributed by atoms with E-state index >= 15 is 0 Å². The predicted molar refractivity (Wildman–Crippen MR) is 115 cm³/mol. The first kappa shape index (κ1) is 20.9. The largest absolute Gasteiger partial charge is 0.493 e. The molecule has 0 saturated heterocycles. The third-order valence-electron chi connectivity index (χ3n) is 3.98. The van der Waals surface area contributed by atoms with Crippen molar-refractivity contribution in [3.8, 4) is 11.5 Å². The van der Waals surface area contributed by atoms with E-state index in [0.29, 0.717) is 27.5 Å². The smallest absolute Gasteiger partial charge is 0.293 e. The first-order valence-corrected chi connectivity index (χ1v) is 9.70. The maximum atomic E-state index is 12.4. The SMILES string of the molecule is COc1ccc(C=NNC(=O)c2nn(Cc3ccc(Cl)cc3)cc2Br)cc1OC. The highest BCUT2D eigenvalue weighted by molar-refractivity contribution is 9.10. The number of aromatic nitrogens is 2. The Bertz CT molecular complexity index is 1030. The van der Waals surface area contributed by atoms with Crippen molar-refractivity contribution < 1.29 is 14.3 Å². The number of nitrogens with one attached hydrogen (secondary N) is 1. The zero-order valence-corrected chi connectivity index (χ0v) is 18.1. The summed E-state index contributed by atoms with van der Waals surface area (Å²) in [6.07, 6.45) is 3.25. The van der Waals surface area contributed by atoms with Crippen LogP contribution >= 0.6 is 27.5 Å². The van der Waals surface area contributed by atoms with E-state index in [-0.39, 0.29) is 5.69 Å². The molecule has 0 aliphatic carbocycles. The summed E-state index contributed by atoms with van der Waals surface area (Å²) >= 11 is 9.27. The summed E-state index contributed by atoms with van der Waals surface area (Å²) < 4.78 is 12.7. The zero-order valence-electron chi connectivity index (χ0n) is 15.7. The summed E-state index contributed by atoms with van der Waals surface area (Å²) in [5.74, 6) is 0.763. The van der Waals surface area contributed by atoms with E-state index in [1.807, 2.05) is 24.3 Å². The number of hydrogen-bond acceptors (Lipinski definition) is 5. The van der Waals surface area contributed by atoms with Crippen LogP contribution in [0.3, 0.4) is 0 Å². The van der Waals surface area contributed by atoms with Crippen LogP contribution in [0.4, 0.5) is 0 Å². The summed E-state index contributed by atoms with van der Waals surface area (Å²) in [6, 6.07) is 12.8. The second-order valence-corrected chi connectivity index (χ2v) is 7.25. The van der Waals surface area contributed by atoms with Gasteiger partial charge in [-0.3, -0.25) is 9.48 Å². The molecular weight excluding hydrogens is 460 g/mol. The van der Waals surface area contributed by atoms with Crippen LogP contribution in [0.15, 0.2) is 58.2 Å². The minimum atomic E-state index is -0.427. The van der Waals surface area contributed by atoms with Gasteiger partial charge in [-0.1, -0.05) is 23.7 Å². The van der Waals surface area contributed by atoms with Crippen molar-refractivity contribution in [2.75, 3.05) is 14.2 Å². The number of rotatable bonds is 7. The highest BCUT2D eigenvalue weighted by Gasteiger charge is 2.15. The minimum absolute atomic E-state index is 0.239. The van der Waals surface area contributed by atoms with Gasteiger partial charge in [-0.2, -0.15) is 10.2 Å². The molecule has 29 heavy (non-hydrogen) atoms. The maximum Gasteiger partial charge on any atom is 0.293 e. The Labute approximate surface area is 181 Å². The number of carbonyl (C=O) groups is 1. The summed E-state index contributed by atoms with van der Waals surface area (Å²) in [6.45, 7) is 0.512. The molecule has 0 aliphatic rings. The van der Waals surface area contributed by atoms with Crippen molar-refractivity contribution in [2.45, 2.75) is 6.54 Å². The van der Waals surface area contributed by atoms with E-state index < -0.39 is 5.91 Å². The van der Waals surface area contributed by atoms with E-state index in [0.717, 1.165) is 11.1 Å². The van der Waals surface area contributed by atoms with Crippen LogP contribution in [0.1, 0.15) is 21.6 Å². The number of methoxy groups -OCH3 is 2. The second-order valence-electron chi connectivity index (χ2n) is 5.96. The van der Waals surface area contributed by atoms with Crippen LogP contribution < -0.4 is 14.9 Å². The van der Waals surface area contributed by atoms with Gasteiger partial charge >= 0.3 is 0 Å². The first-order chi connectivity index (χ1) is 14.0. The molecule has 0 unspecified atom stereocenters. The molecule has 9 heteroatoms. The Morgan fingerprint density at radius 2 is 1.93 bits per heavy atom. The molecule has 0 saturated carbocycles. The number of ether oxygens (including phenoxy) is 2. The molecule has 150 valence electrons. The van der Waals surface area contributed by atoms with Crippen LogP contribution in [-0.2, 0) is 6.54 Å². The molecule has 0 fully saturated rings. The quantitative estimate of drug-likeness (QED) is 0.410. The van der Waals surface area contributed by atoms with Crippen LogP contribution in [0, 0.1) is 0 Å². The monoisotopic (exact) mass is 476 g/mol. The summed E-state index contributed by atoms with van der Waals surface area (Å²) in [7, 11) is 3.12. The average Bonchev–Trinajstić information content (AvgIpc) is 3.09. The number of hydrogen-bond donors (Lipinski definition) is 1. The predicted octanol–water partition coefficient (Wildman–Crippen LogP) is 4.13. The molecule has 0 atom stereocenters. The molecule has 1 aromatic heterocycles. The van der Waals surface area contributed by atoms with Crippen molar-refractivity contribution in [1.82, 2.24) is 15.2 Å². The van der Waals surface area contributed by atoms with E-state index in [2.05, 4.69) is 31.6 Å². The lowest BCUT2D eigenvalue weighted by Crippen LogP contribution is -2.19. The summed E-state index contributed by atoms with van der Waals surface area (Å²) in [5, 5.41) is 8.97. The number of halogens is 2. The standard InChI is InChI=1S/C20H18BrClN4O3/c1-28-17-8-5-14(9-18(17)29-2)10-23-24-20(27)19-16(21)12-26(25-19)11-13-3-6-15(22)7-4-13/h3-10,12H,11H2,1-2H3,(H,24,27). The lowest BCUT2D eigenvalue weighted by Gasteiger charge is -2.07. The second kappa shape index (κ2) is 9.58. The molecule has 0 bridgehead atoms. The van der Waals surface area contributed by atoms with E-state index in [1.54, 1.807) is 43.3 Å². The topological polar surface area (TPSA) is 77.7 Å². The molecule has 2 aromatic carbocycles. The number of benzene rings is 2. The Kier molecular flexibility index (Phi) is 6.90. The Morgan fingerprint density at radius 3 is 2.62 bits per heavy atom. The molecular formula is C20H18BrClN4O3. The Balaban J connectivity index is 1.65. The van der Waals surface area contributed by atoms with Crippen LogP contribution in [-0.4, -0.2) is 36.1 Å². The molecule has 0 aliphatic heterocycles. The number of nitrogens with zero attached hydrogens (tertiary/aromatic N) is 3. The van der Waals surface area contributed by atoms with Gasteiger partial charge in [0.2, 0.25) is 0 Å². The third kappa shape index (κ3) is 5.36. The molecule has 3 rings (SSSR count). The fraction of sp³-hybridized carbons (Fsp3) is 0.150. The Morgan fingerprint density at radius 1 is 1.21 bits per heavy atom. The van der Waals surface area contributed by atoms with Crippen molar-refractivity contribution >= 4 is 39.7 Å². The van der Waals surface area contributed by atoms with Gasteiger partial charge < -0.3 is 9.47 Å². The normalized spacial score (nSPS) is 10.9. The van der Waals surface area contributed by atoms with Crippen molar-refractivity contribution in [1.29, 1.82) is 0 Å². The third-order valence-corrected chi connectivity index (χ3v) is 4.81. The zero-order chi connectivity index (χ0) is 20.8. The molecule has 1 N–H and O–H groups in total. The molecule has 3 aromatic rings. The lowest BCUT2D eigenvalue weighted by molar-refractivity contribution is 0.0948. The first-order valence-electron chi connectivity index (χ1n) is 8.53.